The Morgan fingerprint density at radius 3 is 2.24 bits per heavy atom. The van der Waals surface area contributed by atoms with Crippen molar-refractivity contribution in [3.05, 3.63) is 0 Å². The van der Waals surface area contributed by atoms with E-state index in [2.05, 4.69) is 50.0 Å². The molecule has 0 spiro atoms. The fourth-order valence-corrected chi connectivity index (χ4v) is 2.63. The van der Waals surface area contributed by atoms with Crippen LogP contribution in [-0.2, 0) is 0 Å². The number of likely N-dealkylation sites (tertiary alicyclic amines) is 1. The van der Waals surface area contributed by atoms with Crippen LogP contribution in [0.1, 0.15) is 33.6 Å². The van der Waals surface area contributed by atoms with Crippen molar-refractivity contribution < 1.29 is 0 Å². The van der Waals surface area contributed by atoms with Gasteiger partial charge in [0.05, 0.1) is 0 Å². The molecule has 1 atom stereocenters. The van der Waals surface area contributed by atoms with E-state index in [0.717, 1.165) is 12.5 Å². The third kappa shape index (κ3) is 5.84. The van der Waals surface area contributed by atoms with E-state index in [9.17, 15) is 0 Å². The summed E-state index contributed by atoms with van der Waals surface area (Å²) in [5.41, 5.74) is 0. The van der Waals surface area contributed by atoms with Gasteiger partial charge in [-0.3, -0.25) is 4.90 Å². The highest BCUT2D eigenvalue weighted by Gasteiger charge is 2.22. The summed E-state index contributed by atoms with van der Waals surface area (Å²) in [6.07, 6.45) is 2.73. The van der Waals surface area contributed by atoms with E-state index in [0.29, 0.717) is 12.1 Å². The van der Waals surface area contributed by atoms with Crippen molar-refractivity contribution in [2.75, 3.05) is 40.3 Å². The van der Waals surface area contributed by atoms with E-state index >= 15 is 0 Å². The highest BCUT2D eigenvalue weighted by Crippen LogP contribution is 2.19. The van der Waals surface area contributed by atoms with Gasteiger partial charge in [-0.15, -0.1) is 0 Å². The molecule has 0 radical (unpaired) electrons. The highest BCUT2D eigenvalue weighted by molar-refractivity contribution is 4.78. The Labute approximate surface area is 108 Å². The summed E-state index contributed by atoms with van der Waals surface area (Å²) in [6.45, 7) is 11.7. The van der Waals surface area contributed by atoms with Crippen LogP contribution in [0.15, 0.2) is 0 Å². The first-order chi connectivity index (χ1) is 7.99. The van der Waals surface area contributed by atoms with Crippen LogP contribution in [0.4, 0.5) is 0 Å². The molecule has 1 saturated heterocycles. The first-order valence-electron chi connectivity index (χ1n) is 7.11. The molecule has 0 aromatic rings. The molecule has 0 aromatic heterocycles. The number of nitrogens with zero attached hydrogens (tertiary/aromatic N) is 2. The first-order valence-corrected chi connectivity index (χ1v) is 7.11. The Morgan fingerprint density at radius 1 is 1.18 bits per heavy atom. The van der Waals surface area contributed by atoms with Crippen LogP contribution in [-0.4, -0.2) is 62.2 Å². The van der Waals surface area contributed by atoms with Crippen LogP contribution in [0.2, 0.25) is 0 Å². The van der Waals surface area contributed by atoms with Crippen molar-refractivity contribution in [1.82, 2.24) is 15.1 Å². The van der Waals surface area contributed by atoms with Crippen molar-refractivity contribution in [2.45, 2.75) is 45.7 Å². The van der Waals surface area contributed by atoms with Gasteiger partial charge < -0.3 is 10.2 Å². The molecule has 1 unspecified atom stereocenters. The lowest BCUT2D eigenvalue weighted by Crippen LogP contribution is -2.46. The smallest absolute Gasteiger partial charge is 0.0192 e. The van der Waals surface area contributed by atoms with Gasteiger partial charge in [-0.1, -0.05) is 13.8 Å². The molecule has 0 saturated carbocycles. The van der Waals surface area contributed by atoms with Gasteiger partial charge in [-0.05, 0) is 52.9 Å². The standard InChI is InChI=1S/C14H31N3/c1-12(2)15-10-13(3)17-8-6-14(7-9-17)11-16(4)5/h12-15H,6-11H2,1-5H3. The summed E-state index contributed by atoms with van der Waals surface area (Å²) in [5, 5.41) is 3.54. The molecule has 1 aliphatic rings. The first kappa shape index (κ1) is 14.9. The molecular formula is C14H31N3. The molecule has 1 rings (SSSR count). The number of rotatable bonds is 6. The lowest BCUT2D eigenvalue weighted by molar-refractivity contribution is 0.125. The normalized spacial score (nSPS) is 21.4. The molecule has 1 N–H and O–H groups in total. The zero-order valence-corrected chi connectivity index (χ0v) is 12.4. The summed E-state index contributed by atoms with van der Waals surface area (Å²) >= 11 is 0. The van der Waals surface area contributed by atoms with E-state index < -0.39 is 0 Å². The largest absolute Gasteiger partial charge is 0.313 e. The van der Waals surface area contributed by atoms with Crippen molar-refractivity contribution in [3.8, 4) is 0 Å². The summed E-state index contributed by atoms with van der Waals surface area (Å²) in [4.78, 5) is 4.96. The average Bonchev–Trinajstić information content (AvgIpc) is 2.26. The van der Waals surface area contributed by atoms with E-state index in [1.54, 1.807) is 0 Å². The van der Waals surface area contributed by atoms with Crippen LogP contribution in [0, 0.1) is 5.92 Å². The summed E-state index contributed by atoms with van der Waals surface area (Å²) in [5.74, 6) is 0.909. The lowest BCUT2D eigenvalue weighted by atomic mass is 9.95. The van der Waals surface area contributed by atoms with E-state index in [-0.39, 0.29) is 0 Å². The third-order valence-electron chi connectivity index (χ3n) is 3.72. The van der Waals surface area contributed by atoms with E-state index in [4.69, 9.17) is 0 Å². The van der Waals surface area contributed by atoms with Crippen molar-refractivity contribution >= 4 is 0 Å². The van der Waals surface area contributed by atoms with Crippen LogP contribution >= 0.6 is 0 Å². The van der Waals surface area contributed by atoms with Gasteiger partial charge >= 0.3 is 0 Å². The Kier molecular flexibility index (Phi) is 6.45. The predicted molar refractivity (Wildman–Crippen MR) is 75.5 cm³/mol. The van der Waals surface area contributed by atoms with Gasteiger partial charge in [0.2, 0.25) is 0 Å². The molecule has 1 heterocycles. The fourth-order valence-electron chi connectivity index (χ4n) is 2.63. The molecule has 1 fully saturated rings. The topological polar surface area (TPSA) is 18.5 Å². The van der Waals surface area contributed by atoms with Gasteiger partial charge in [0.25, 0.3) is 0 Å². The molecular weight excluding hydrogens is 210 g/mol. The number of hydrogen-bond donors (Lipinski definition) is 1. The minimum atomic E-state index is 0.601. The Morgan fingerprint density at radius 2 is 1.76 bits per heavy atom. The number of piperidine rings is 1. The second kappa shape index (κ2) is 7.34. The Balaban J connectivity index is 2.21. The average molecular weight is 241 g/mol. The van der Waals surface area contributed by atoms with Crippen molar-refractivity contribution in [1.29, 1.82) is 0 Å². The van der Waals surface area contributed by atoms with Gasteiger partial charge in [-0.25, -0.2) is 0 Å². The monoisotopic (exact) mass is 241 g/mol. The van der Waals surface area contributed by atoms with E-state index in [1.165, 1.54) is 32.5 Å². The maximum atomic E-state index is 3.54. The summed E-state index contributed by atoms with van der Waals surface area (Å²) in [6, 6.07) is 1.28. The van der Waals surface area contributed by atoms with Crippen LogP contribution < -0.4 is 5.32 Å². The Hall–Kier alpha value is -0.120. The van der Waals surface area contributed by atoms with E-state index in [1.807, 2.05) is 0 Å². The molecule has 3 heteroatoms. The number of nitrogens with one attached hydrogen (secondary N) is 1. The quantitative estimate of drug-likeness (QED) is 0.763. The van der Waals surface area contributed by atoms with Crippen LogP contribution in [0.25, 0.3) is 0 Å². The van der Waals surface area contributed by atoms with Crippen LogP contribution in [0.5, 0.6) is 0 Å². The van der Waals surface area contributed by atoms with Crippen LogP contribution in [0.3, 0.4) is 0 Å². The minimum Gasteiger partial charge on any atom is -0.313 e. The van der Waals surface area contributed by atoms with Gasteiger partial charge in [0.15, 0.2) is 0 Å². The summed E-state index contributed by atoms with van der Waals surface area (Å²) in [7, 11) is 4.36. The number of hydrogen-bond acceptors (Lipinski definition) is 3. The maximum absolute atomic E-state index is 3.54. The van der Waals surface area contributed by atoms with Crippen molar-refractivity contribution in [2.24, 2.45) is 5.92 Å². The minimum absolute atomic E-state index is 0.601. The predicted octanol–water partition coefficient (Wildman–Crippen LogP) is 1.65. The molecule has 17 heavy (non-hydrogen) atoms. The molecule has 1 aliphatic heterocycles. The zero-order valence-electron chi connectivity index (χ0n) is 12.4. The molecule has 0 amide bonds. The fraction of sp³-hybridized carbons (Fsp3) is 1.00. The lowest BCUT2D eigenvalue weighted by Gasteiger charge is -2.37. The van der Waals surface area contributed by atoms with Gasteiger partial charge in [-0.2, -0.15) is 0 Å². The molecule has 0 aromatic carbocycles. The molecule has 0 bridgehead atoms. The second-order valence-corrected chi connectivity index (χ2v) is 6.15. The molecule has 3 nitrogen and oxygen atoms in total. The van der Waals surface area contributed by atoms with Gasteiger partial charge in [0, 0.05) is 25.2 Å². The summed E-state index contributed by atoms with van der Waals surface area (Å²) < 4.78 is 0. The molecule has 102 valence electrons. The molecule has 0 aliphatic carbocycles. The van der Waals surface area contributed by atoms with Gasteiger partial charge in [0.1, 0.15) is 0 Å². The third-order valence-corrected chi connectivity index (χ3v) is 3.72. The highest BCUT2D eigenvalue weighted by atomic mass is 15.2. The van der Waals surface area contributed by atoms with Crippen molar-refractivity contribution in [3.63, 3.8) is 0 Å². The second-order valence-electron chi connectivity index (χ2n) is 6.15. The zero-order chi connectivity index (χ0) is 12.8. The Bertz CT molecular complexity index is 196. The maximum Gasteiger partial charge on any atom is 0.0192 e. The SMILES string of the molecule is CC(C)NCC(C)N1CCC(CN(C)C)CC1.